The average Bonchev–Trinajstić information content (AvgIpc) is 3.29. The van der Waals surface area contributed by atoms with Gasteiger partial charge in [-0.1, -0.05) is 0 Å². The number of aromatic nitrogens is 5. The first-order valence-corrected chi connectivity index (χ1v) is 12.3. The van der Waals surface area contributed by atoms with Crippen LogP contribution in [0.2, 0.25) is 0 Å². The number of hydrogen-bond donors (Lipinski definition) is 1. The van der Waals surface area contributed by atoms with Gasteiger partial charge in [0.1, 0.15) is 0 Å². The van der Waals surface area contributed by atoms with E-state index < -0.39 is 0 Å². The molecule has 1 aliphatic carbocycles. The Morgan fingerprint density at radius 2 is 2.11 bits per heavy atom. The number of rotatable bonds is 8. The molecule has 2 aliphatic rings. The number of nitrogens with zero attached hydrogens (tertiary/aromatic N) is 6. The fourth-order valence-electron chi connectivity index (χ4n) is 4.65. The Morgan fingerprint density at radius 3 is 2.89 bits per heavy atom. The molecule has 0 atom stereocenters. The summed E-state index contributed by atoms with van der Waals surface area (Å²) in [4.78, 5) is 27.6. The Hall–Kier alpha value is -3.56. The summed E-state index contributed by atoms with van der Waals surface area (Å²) >= 11 is 0. The van der Waals surface area contributed by atoms with Crippen molar-refractivity contribution in [3.63, 3.8) is 0 Å². The van der Waals surface area contributed by atoms with Crippen LogP contribution in [0.5, 0.6) is 0 Å². The molecule has 1 aromatic carbocycles. The van der Waals surface area contributed by atoms with E-state index in [9.17, 15) is 4.79 Å². The highest BCUT2D eigenvalue weighted by Gasteiger charge is 2.32. The van der Waals surface area contributed by atoms with Gasteiger partial charge in [-0.2, -0.15) is 15.1 Å². The molecule has 9 nitrogen and oxygen atoms in total. The lowest BCUT2D eigenvalue weighted by atomic mass is 10.1. The zero-order valence-corrected chi connectivity index (χ0v) is 20.1. The summed E-state index contributed by atoms with van der Waals surface area (Å²) < 4.78 is 3.92. The molecule has 2 fully saturated rings. The molecular weight excluding hydrogens is 442 g/mol. The Bertz CT molecular complexity index is 1400. The fourth-order valence-corrected chi connectivity index (χ4v) is 4.65. The summed E-state index contributed by atoms with van der Waals surface area (Å²) in [6.07, 6.45) is 8.76. The molecule has 1 saturated heterocycles. The number of nitrogens with one attached hydrogen (secondary N) is 1. The molecule has 4 aromatic rings. The molecule has 0 spiro atoms. The monoisotopic (exact) mass is 471 g/mol. The first-order valence-electron chi connectivity index (χ1n) is 12.3. The predicted molar refractivity (Wildman–Crippen MR) is 133 cm³/mol. The van der Waals surface area contributed by atoms with Crippen molar-refractivity contribution in [2.24, 2.45) is 5.92 Å². The molecule has 1 saturated carbocycles. The third-order valence-corrected chi connectivity index (χ3v) is 6.74. The lowest BCUT2D eigenvalue weighted by Gasteiger charge is -2.12. The lowest BCUT2D eigenvalue weighted by molar-refractivity contribution is -0.117. The number of fused-ring (bicyclic) bond motifs is 1. The summed E-state index contributed by atoms with van der Waals surface area (Å²) in [6, 6.07) is 7.92. The molecule has 0 unspecified atom stereocenters. The number of hydrogen-bond acceptors (Lipinski definition) is 7. The quantitative estimate of drug-likeness (QED) is 0.381. The van der Waals surface area contributed by atoms with Gasteiger partial charge in [-0.05, 0) is 51.3 Å². The zero-order valence-electron chi connectivity index (χ0n) is 20.1. The molecule has 9 heteroatoms. The number of Topliss-reactive ketones (excluding diaryl/α,β-unsaturated/α-hetero) is 1. The molecule has 3 aromatic heterocycles. The maximum Gasteiger partial charge on any atom is 0.229 e. The van der Waals surface area contributed by atoms with E-state index in [0.29, 0.717) is 18.3 Å². The van der Waals surface area contributed by atoms with Gasteiger partial charge in [0, 0.05) is 71.4 Å². The van der Waals surface area contributed by atoms with Crippen molar-refractivity contribution in [3.8, 4) is 5.82 Å². The minimum atomic E-state index is 0.182. The van der Waals surface area contributed by atoms with E-state index in [1.54, 1.807) is 10.9 Å². The normalized spacial score (nSPS) is 16.3. The second kappa shape index (κ2) is 8.90. The van der Waals surface area contributed by atoms with Gasteiger partial charge in [0.2, 0.25) is 5.95 Å². The van der Waals surface area contributed by atoms with Gasteiger partial charge in [-0.25, -0.2) is 9.67 Å². The lowest BCUT2D eigenvalue weighted by Crippen LogP contribution is -2.17. The van der Waals surface area contributed by atoms with Gasteiger partial charge in [-0.15, -0.1) is 0 Å². The van der Waals surface area contributed by atoms with Crippen LogP contribution in [0.1, 0.15) is 47.8 Å². The number of benzene rings is 1. The number of carbonyl (C=O) groups is 1. The van der Waals surface area contributed by atoms with E-state index >= 15 is 0 Å². The predicted octanol–water partition coefficient (Wildman–Crippen LogP) is 4.42. The maximum absolute atomic E-state index is 12.9. The first kappa shape index (κ1) is 21.9. The molecule has 0 amide bonds. The largest absolute Gasteiger partial charge is 0.347 e. The van der Waals surface area contributed by atoms with Crippen LogP contribution < -0.4 is 5.32 Å². The van der Waals surface area contributed by atoms with Crippen LogP contribution >= 0.6 is 0 Å². The van der Waals surface area contributed by atoms with Crippen LogP contribution in [-0.4, -0.2) is 48.3 Å². The molecule has 1 N–H and O–H groups in total. The van der Waals surface area contributed by atoms with Crippen molar-refractivity contribution in [2.45, 2.75) is 46.2 Å². The van der Waals surface area contributed by atoms with Crippen LogP contribution in [0.3, 0.4) is 0 Å². The average molecular weight is 472 g/mol. The topological polar surface area (TPSA) is 90.1 Å². The Labute approximate surface area is 203 Å². The van der Waals surface area contributed by atoms with E-state index in [0.717, 1.165) is 72.4 Å². The summed E-state index contributed by atoms with van der Waals surface area (Å²) in [6.45, 7) is 7.34. The van der Waals surface area contributed by atoms with E-state index in [1.165, 1.54) is 0 Å². The molecule has 0 radical (unpaired) electrons. The Balaban J connectivity index is 1.26. The molecule has 35 heavy (non-hydrogen) atoms. The number of ketones is 1. The van der Waals surface area contributed by atoms with E-state index in [2.05, 4.69) is 37.9 Å². The number of hydroxylamine groups is 2. The zero-order chi connectivity index (χ0) is 23.9. The van der Waals surface area contributed by atoms with Crippen LogP contribution in [0.4, 0.5) is 11.6 Å². The standard InChI is InChI=1S/C26H29N7O2/c1-3-31-16-22(25(34)18-5-6-18)21-13-20(7-8-23(21)31)28-26-27-10-9-24(29-26)33-15-19(17(2)30-33)14-32-11-4-12-35-32/h7-10,13,15-16,18H,3-6,11-12,14H2,1-2H3,(H,27,28,29). The SMILES string of the molecule is CCn1cc(C(=O)C2CC2)c2cc(Nc3nccc(-n4cc(CN5CCCO5)c(C)n4)n3)ccc21. The third kappa shape index (κ3) is 4.33. The number of aryl methyl sites for hydroxylation is 2. The van der Waals surface area contributed by atoms with Crippen LogP contribution in [0.15, 0.2) is 42.9 Å². The van der Waals surface area contributed by atoms with Crippen molar-refractivity contribution in [3.05, 3.63) is 59.7 Å². The Morgan fingerprint density at radius 1 is 1.23 bits per heavy atom. The Kier molecular flexibility index (Phi) is 5.58. The minimum Gasteiger partial charge on any atom is -0.347 e. The summed E-state index contributed by atoms with van der Waals surface area (Å²) in [5, 5.41) is 10.9. The highest BCUT2D eigenvalue weighted by molar-refractivity contribution is 6.10. The van der Waals surface area contributed by atoms with Gasteiger partial charge in [0.15, 0.2) is 11.6 Å². The van der Waals surface area contributed by atoms with Crippen LogP contribution in [-0.2, 0) is 17.9 Å². The maximum atomic E-state index is 12.9. The summed E-state index contributed by atoms with van der Waals surface area (Å²) in [7, 11) is 0. The van der Waals surface area contributed by atoms with Gasteiger partial charge < -0.3 is 9.88 Å². The van der Waals surface area contributed by atoms with Crippen molar-refractivity contribution < 1.29 is 9.63 Å². The van der Waals surface area contributed by atoms with E-state index in [1.807, 2.05) is 42.6 Å². The van der Waals surface area contributed by atoms with Crippen LogP contribution in [0, 0.1) is 12.8 Å². The third-order valence-electron chi connectivity index (χ3n) is 6.74. The summed E-state index contributed by atoms with van der Waals surface area (Å²) in [5.74, 6) is 1.59. The van der Waals surface area contributed by atoms with E-state index in [4.69, 9.17) is 4.84 Å². The number of anilines is 2. The van der Waals surface area contributed by atoms with Gasteiger partial charge in [0.25, 0.3) is 0 Å². The van der Waals surface area contributed by atoms with Gasteiger partial charge in [0.05, 0.1) is 18.8 Å². The van der Waals surface area contributed by atoms with Crippen molar-refractivity contribution >= 4 is 28.3 Å². The fraction of sp³-hybridized carbons (Fsp3) is 0.385. The van der Waals surface area contributed by atoms with Crippen molar-refractivity contribution in [1.29, 1.82) is 0 Å². The van der Waals surface area contributed by atoms with E-state index in [-0.39, 0.29) is 11.7 Å². The minimum absolute atomic E-state index is 0.182. The van der Waals surface area contributed by atoms with Gasteiger partial charge >= 0.3 is 0 Å². The number of carbonyl (C=O) groups excluding carboxylic acids is 1. The molecule has 4 heterocycles. The summed E-state index contributed by atoms with van der Waals surface area (Å²) in [5.41, 5.74) is 4.78. The highest BCUT2D eigenvalue weighted by Crippen LogP contribution is 2.36. The van der Waals surface area contributed by atoms with Crippen LogP contribution in [0.25, 0.3) is 16.7 Å². The molecule has 180 valence electrons. The van der Waals surface area contributed by atoms with Gasteiger partial charge in [-0.3, -0.25) is 9.63 Å². The first-order chi connectivity index (χ1) is 17.1. The van der Waals surface area contributed by atoms with Crippen molar-refractivity contribution in [2.75, 3.05) is 18.5 Å². The highest BCUT2D eigenvalue weighted by atomic mass is 16.7. The molecule has 6 rings (SSSR count). The second-order valence-corrected chi connectivity index (χ2v) is 9.30. The smallest absolute Gasteiger partial charge is 0.229 e. The molecule has 0 bridgehead atoms. The molecule has 1 aliphatic heterocycles. The van der Waals surface area contributed by atoms with Crippen molar-refractivity contribution in [1.82, 2.24) is 29.4 Å². The second-order valence-electron chi connectivity index (χ2n) is 9.30. The molecular formula is C26H29N7O2.